The summed E-state index contributed by atoms with van der Waals surface area (Å²) in [7, 11) is 1.60. The van der Waals surface area contributed by atoms with Crippen LogP contribution >= 0.6 is 0 Å². The third kappa shape index (κ3) is 4.41. The highest BCUT2D eigenvalue weighted by Crippen LogP contribution is 2.25. The molecule has 0 saturated carbocycles. The number of methoxy groups -OCH3 is 1. The summed E-state index contributed by atoms with van der Waals surface area (Å²) in [5, 5.41) is 0. The predicted octanol–water partition coefficient (Wildman–Crippen LogP) is 4.06. The number of ether oxygens (including phenoxy) is 2. The van der Waals surface area contributed by atoms with Crippen molar-refractivity contribution in [2.45, 2.75) is 53.1 Å². The number of ketones is 1. The number of carbonyl (C=O) groups is 2. The lowest BCUT2D eigenvalue weighted by atomic mass is 9.96. The molecule has 0 aliphatic rings. The van der Waals surface area contributed by atoms with Crippen molar-refractivity contribution >= 4 is 17.3 Å². The van der Waals surface area contributed by atoms with Crippen LogP contribution in [0.2, 0.25) is 0 Å². The summed E-state index contributed by atoms with van der Waals surface area (Å²) in [4.78, 5) is 24.9. The molecule has 5 nitrogen and oxygen atoms in total. The molecule has 0 amide bonds. The number of aromatic nitrogens is 1. The van der Waals surface area contributed by atoms with Crippen molar-refractivity contribution < 1.29 is 19.1 Å². The Hall–Kier alpha value is -2.30. The molecule has 0 saturated heterocycles. The lowest BCUT2D eigenvalue weighted by Crippen LogP contribution is -2.26. The minimum absolute atomic E-state index is 0.0651. The van der Waals surface area contributed by atoms with E-state index in [2.05, 4.69) is 6.92 Å². The molecule has 0 N–H and O–H groups in total. The average Bonchev–Trinajstić information content (AvgIpc) is 2.95. The molecule has 0 radical (unpaired) electrons. The Morgan fingerprint density at radius 3 is 2.48 bits per heavy atom. The molecule has 0 spiro atoms. The smallest absolute Gasteiger partial charge is 0.307 e. The van der Waals surface area contributed by atoms with Crippen LogP contribution in [0.15, 0.2) is 24.4 Å². The van der Waals surface area contributed by atoms with E-state index in [0.29, 0.717) is 11.4 Å². The summed E-state index contributed by atoms with van der Waals surface area (Å²) in [6.45, 7) is 9.27. The summed E-state index contributed by atoms with van der Waals surface area (Å²) in [5.74, 6) is -0.208. The monoisotopic (exact) mass is 345 g/mol. The number of rotatable bonds is 6. The molecule has 0 fully saturated rings. The van der Waals surface area contributed by atoms with Gasteiger partial charge in [0.05, 0.1) is 19.0 Å². The highest BCUT2D eigenvalue weighted by Gasteiger charge is 2.25. The molecule has 0 aliphatic heterocycles. The van der Waals surface area contributed by atoms with E-state index < -0.39 is 11.5 Å². The second kappa shape index (κ2) is 7.30. The van der Waals surface area contributed by atoms with Gasteiger partial charge in [-0.1, -0.05) is 13.8 Å². The summed E-state index contributed by atoms with van der Waals surface area (Å²) in [6, 6.07) is 5.54. The van der Waals surface area contributed by atoms with Gasteiger partial charge < -0.3 is 9.47 Å². The summed E-state index contributed by atoms with van der Waals surface area (Å²) in [5.41, 5.74) is 1.97. The molecule has 0 bridgehead atoms. The van der Waals surface area contributed by atoms with Crippen LogP contribution in [0.25, 0.3) is 5.52 Å². The van der Waals surface area contributed by atoms with Gasteiger partial charge in [0.1, 0.15) is 5.60 Å². The average molecular weight is 345 g/mol. The quantitative estimate of drug-likeness (QED) is 0.585. The molecule has 1 atom stereocenters. The molecule has 2 rings (SSSR count). The first-order chi connectivity index (χ1) is 11.7. The maximum atomic E-state index is 12.9. The lowest BCUT2D eigenvalue weighted by molar-refractivity contribution is -0.155. The molecule has 0 aliphatic carbocycles. The highest BCUT2D eigenvalue weighted by molar-refractivity contribution is 6.05. The molecule has 1 unspecified atom stereocenters. The van der Waals surface area contributed by atoms with Crippen molar-refractivity contribution in [3.63, 3.8) is 0 Å². The largest absolute Gasteiger partial charge is 0.482 e. The van der Waals surface area contributed by atoms with Gasteiger partial charge in [0.25, 0.3) is 0 Å². The molecule has 5 heteroatoms. The minimum Gasteiger partial charge on any atom is -0.482 e. The fourth-order valence-corrected chi connectivity index (χ4v) is 2.79. The van der Waals surface area contributed by atoms with Crippen LogP contribution in [0.5, 0.6) is 5.88 Å². The second-order valence-corrected chi connectivity index (χ2v) is 7.30. The molecule has 25 heavy (non-hydrogen) atoms. The van der Waals surface area contributed by atoms with E-state index >= 15 is 0 Å². The zero-order valence-corrected chi connectivity index (χ0v) is 15.9. The van der Waals surface area contributed by atoms with Crippen molar-refractivity contribution in [2.24, 2.45) is 5.92 Å². The van der Waals surface area contributed by atoms with E-state index in [4.69, 9.17) is 9.47 Å². The Bertz CT molecular complexity index is 783. The SMILES string of the molecule is CCc1cc2c(C(=O)C(C)CC(=O)OC(C)(C)C)ccc(OC)n2c1. The number of esters is 1. The number of carbonyl (C=O) groups excluding carboxylic acids is 2. The van der Waals surface area contributed by atoms with E-state index in [1.54, 1.807) is 26.2 Å². The maximum absolute atomic E-state index is 12.9. The van der Waals surface area contributed by atoms with Gasteiger partial charge in [-0.15, -0.1) is 0 Å². The molecule has 2 heterocycles. The second-order valence-electron chi connectivity index (χ2n) is 7.30. The van der Waals surface area contributed by atoms with E-state index in [0.717, 1.165) is 17.5 Å². The van der Waals surface area contributed by atoms with Gasteiger partial charge in [-0.05, 0) is 51.0 Å². The van der Waals surface area contributed by atoms with Crippen molar-refractivity contribution in [2.75, 3.05) is 7.11 Å². The summed E-state index contributed by atoms with van der Waals surface area (Å²) >= 11 is 0. The molecule has 2 aromatic heterocycles. The fourth-order valence-electron chi connectivity index (χ4n) is 2.79. The van der Waals surface area contributed by atoms with E-state index in [1.165, 1.54) is 0 Å². The van der Waals surface area contributed by atoms with E-state index in [-0.39, 0.29) is 18.2 Å². The highest BCUT2D eigenvalue weighted by atomic mass is 16.6. The third-order valence-electron chi connectivity index (χ3n) is 4.01. The van der Waals surface area contributed by atoms with E-state index in [1.807, 2.05) is 37.4 Å². The molecule has 136 valence electrons. The minimum atomic E-state index is -0.551. The number of nitrogens with zero attached hydrogens (tertiary/aromatic N) is 1. The molecule has 0 aromatic carbocycles. The molecule has 2 aromatic rings. The first kappa shape index (κ1) is 19.0. The van der Waals surface area contributed by atoms with Crippen LogP contribution in [0.3, 0.4) is 0 Å². The van der Waals surface area contributed by atoms with Crippen LogP contribution in [0.4, 0.5) is 0 Å². The van der Waals surface area contributed by atoms with Crippen LogP contribution in [0.1, 0.15) is 57.0 Å². The van der Waals surface area contributed by atoms with Gasteiger partial charge in [0.15, 0.2) is 11.7 Å². The van der Waals surface area contributed by atoms with Crippen LogP contribution in [0, 0.1) is 5.92 Å². The zero-order chi connectivity index (χ0) is 18.8. The molecular weight excluding hydrogens is 318 g/mol. The van der Waals surface area contributed by atoms with Gasteiger partial charge in [0.2, 0.25) is 0 Å². The van der Waals surface area contributed by atoms with Crippen molar-refractivity contribution in [3.8, 4) is 5.88 Å². The standard InChI is InChI=1S/C20H27NO4/c1-7-14-11-16-15(8-9-17(24-6)21(16)12-14)19(23)13(2)10-18(22)25-20(3,4)5/h8-9,11-13H,7,10H2,1-6H3. The van der Waals surface area contributed by atoms with Gasteiger partial charge in [-0.3, -0.25) is 14.0 Å². The Labute approximate surface area is 148 Å². The van der Waals surface area contributed by atoms with Crippen molar-refractivity contribution in [3.05, 3.63) is 35.5 Å². The Morgan fingerprint density at radius 2 is 1.92 bits per heavy atom. The first-order valence-corrected chi connectivity index (χ1v) is 8.60. The summed E-state index contributed by atoms with van der Waals surface area (Å²) in [6.07, 6.45) is 2.91. The van der Waals surface area contributed by atoms with Gasteiger partial charge in [-0.25, -0.2) is 0 Å². The van der Waals surface area contributed by atoms with Gasteiger partial charge in [-0.2, -0.15) is 0 Å². The van der Waals surface area contributed by atoms with Crippen molar-refractivity contribution in [1.29, 1.82) is 0 Å². The number of hydrogen-bond acceptors (Lipinski definition) is 4. The van der Waals surface area contributed by atoms with Gasteiger partial charge in [0, 0.05) is 17.7 Å². The van der Waals surface area contributed by atoms with Crippen LogP contribution in [-0.4, -0.2) is 28.9 Å². The van der Waals surface area contributed by atoms with Crippen LogP contribution < -0.4 is 4.74 Å². The lowest BCUT2D eigenvalue weighted by Gasteiger charge is -2.20. The number of Topliss-reactive ketones (excluding diaryl/α,β-unsaturated/α-hetero) is 1. The Balaban J connectivity index is 2.29. The molecular formula is C20H27NO4. The maximum Gasteiger partial charge on any atom is 0.307 e. The summed E-state index contributed by atoms with van der Waals surface area (Å²) < 4.78 is 12.6. The predicted molar refractivity (Wildman–Crippen MR) is 97.3 cm³/mol. The normalized spacial score (nSPS) is 12.9. The number of hydrogen-bond donors (Lipinski definition) is 0. The topological polar surface area (TPSA) is 57.0 Å². The zero-order valence-electron chi connectivity index (χ0n) is 15.9. The van der Waals surface area contributed by atoms with Crippen LogP contribution in [-0.2, 0) is 16.0 Å². The van der Waals surface area contributed by atoms with Crippen molar-refractivity contribution in [1.82, 2.24) is 4.40 Å². The Morgan fingerprint density at radius 1 is 1.24 bits per heavy atom. The number of fused-ring (bicyclic) bond motifs is 1. The van der Waals surface area contributed by atoms with Gasteiger partial charge >= 0.3 is 5.97 Å². The fraction of sp³-hybridized carbons (Fsp3) is 0.500. The van der Waals surface area contributed by atoms with E-state index in [9.17, 15) is 9.59 Å². The Kier molecular flexibility index (Phi) is 5.55. The third-order valence-corrected chi connectivity index (χ3v) is 4.01. The first-order valence-electron chi connectivity index (χ1n) is 8.60. The number of pyridine rings is 1. The number of aryl methyl sites for hydroxylation is 1.